The molecule has 1 rings (SSSR count). The Hall–Kier alpha value is -1.50. The molecule has 0 bridgehead atoms. The van der Waals surface area contributed by atoms with Gasteiger partial charge in [-0.15, -0.1) is 0 Å². The van der Waals surface area contributed by atoms with Crippen LogP contribution in [0, 0.1) is 0 Å². The summed E-state index contributed by atoms with van der Waals surface area (Å²) in [5.74, 6) is 0.908. The summed E-state index contributed by atoms with van der Waals surface area (Å²) in [7, 11) is 0. The summed E-state index contributed by atoms with van der Waals surface area (Å²) < 4.78 is 0. The van der Waals surface area contributed by atoms with E-state index < -0.39 is 0 Å². The number of aromatic nitrogens is 2. The number of aromatic amines is 1. The van der Waals surface area contributed by atoms with E-state index in [-0.39, 0.29) is 17.6 Å². The molecule has 0 atom stereocenters. The molecule has 7 heteroatoms. The minimum absolute atomic E-state index is 0.115. The Morgan fingerprint density at radius 3 is 3.00 bits per heavy atom. The molecule has 2 amide bonds. The summed E-state index contributed by atoms with van der Waals surface area (Å²) in [6.07, 6.45) is 1.90. The highest BCUT2D eigenvalue weighted by atomic mass is 32.2. The number of nitrogens with two attached hydrogens (primary N) is 1. The average molecular weight is 228 g/mol. The number of hydrogen-bond donors (Lipinski definition) is 3. The summed E-state index contributed by atoms with van der Waals surface area (Å²) in [5, 5.41) is 8.93. The van der Waals surface area contributed by atoms with Crippen LogP contribution >= 0.6 is 11.8 Å². The first kappa shape index (κ1) is 11.6. The topological polar surface area (TPSA) is 101 Å². The molecule has 0 saturated carbocycles. The second-order valence-electron chi connectivity index (χ2n) is 2.79. The van der Waals surface area contributed by atoms with Crippen LogP contribution in [0.4, 0.5) is 5.82 Å². The third-order valence-electron chi connectivity index (χ3n) is 1.49. The maximum Gasteiger partial charge on any atom is 0.227 e. The first-order valence-corrected chi connectivity index (χ1v) is 5.49. The largest absolute Gasteiger partial charge is 0.369 e. The molecule has 0 saturated heterocycles. The van der Waals surface area contributed by atoms with Gasteiger partial charge in [-0.05, 0) is 0 Å². The number of rotatable bonds is 6. The molecule has 0 aliphatic carbocycles. The fourth-order valence-corrected chi connectivity index (χ4v) is 1.55. The van der Waals surface area contributed by atoms with E-state index in [9.17, 15) is 9.59 Å². The van der Waals surface area contributed by atoms with E-state index >= 15 is 0 Å². The molecule has 0 radical (unpaired) electrons. The highest BCUT2D eigenvalue weighted by molar-refractivity contribution is 7.99. The van der Waals surface area contributed by atoms with Gasteiger partial charge in [-0.25, -0.2) is 0 Å². The number of H-pyrrole nitrogens is 1. The van der Waals surface area contributed by atoms with Crippen LogP contribution in [0.1, 0.15) is 6.42 Å². The molecule has 6 nitrogen and oxygen atoms in total. The van der Waals surface area contributed by atoms with Gasteiger partial charge in [0.2, 0.25) is 11.8 Å². The predicted molar refractivity (Wildman–Crippen MR) is 58.4 cm³/mol. The lowest BCUT2D eigenvalue weighted by Crippen LogP contribution is -2.15. The normalized spacial score (nSPS) is 9.87. The maximum atomic E-state index is 11.3. The zero-order chi connectivity index (χ0) is 11.1. The van der Waals surface area contributed by atoms with Crippen LogP contribution in [0.15, 0.2) is 12.3 Å². The monoisotopic (exact) mass is 228 g/mol. The fourth-order valence-electron chi connectivity index (χ4n) is 0.876. The van der Waals surface area contributed by atoms with Gasteiger partial charge in [0.15, 0.2) is 0 Å². The Morgan fingerprint density at radius 1 is 1.60 bits per heavy atom. The van der Waals surface area contributed by atoms with Crippen molar-refractivity contribution >= 4 is 29.4 Å². The van der Waals surface area contributed by atoms with Crippen LogP contribution in [0.5, 0.6) is 0 Å². The van der Waals surface area contributed by atoms with Crippen LogP contribution in [-0.2, 0) is 9.59 Å². The number of thioether (sulfide) groups is 1. The number of anilines is 1. The number of nitrogens with zero attached hydrogens (tertiary/aromatic N) is 1. The Balaban J connectivity index is 2.11. The van der Waals surface area contributed by atoms with E-state index in [4.69, 9.17) is 5.73 Å². The first-order valence-electron chi connectivity index (χ1n) is 4.34. The zero-order valence-corrected chi connectivity index (χ0v) is 8.84. The fraction of sp³-hybridized carbons (Fsp3) is 0.375. The zero-order valence-electron chi connectivity index (χ0n) is 8.03. The first-order chi connectivity index (χ1) is 7.18. The molecule has 0 spiro atoms. The molecular formula is C8H12N4O2S. The summed E-state index contributed by atoms with van der Waals surface area (Å²) >= 11 is 1.34. The molecule has 82 valence electrons. The highest BCUT2D eigenvalue weighted by Gasteiger charge is 2.03. The molecular weight excluding hydrogens is 216 g/mol. The van der Waals surface area contributed by atoms with Gasteiger partial charge >= 0.3 is 0 Å². The van der Waals surface area contributed by atoms with E-state index in [1.807, 2.05) is 0 Å². The number of primary amides is 1. The third kappa shape index (κ3) is 5.06. The van der Waals surface area contributed by atoms with Gasteiger partial charge in [-0.3, -0.25) is 14.7 Å². The van der Waals surface area contributed by atoms with Crippen molar-refractivity contribution in [1.29, 1.82) is 0 Å². The van der Waals surface area contributed by atoms with E-state index in [1.165, 1.54) is 11.8 Å². The standard InChI is InChI=1S/C8H12N4O2S/c9-6(13)5-15-4-2-8(14)11-7-1-3-10-12-7/h1,3H,2,4-5H2,(H2,9,13)(H2,10,11,12,14). The van der Waals surface area contributed by atoms with Crippen molar-refractivity contribution in [3.05, 3.63) is 12.3 Å². The van der Waals surface area contributed by atoms with Crippen LogP contribution in [-0.4, -0.2) is 33.5 Å². The lowest BCUT2D eigenvalue weighted by Gasteiger charge is -2.01. The number of hydrogen-bond acceptors (Lipinski definition) is 4. The molecule has 0 aromatic carbocycles. The average Bonchev–Trinajstić information content (AvgIpc) is 2.64. The van der Waals surface area contributed by atoms with Crippen molar-refractivity contribution in [1.82, 2.24) is 10.2 Å². The van der Waals surface area contributed by atoms with Crippen molar-refractivity contribution in [2.24, 2.45) is 5.73 Å². The van der Waals surface area contributed by atoms with Crippen molar-refractivity contribution in [2.75, 3.05) is 16.8 Å². The highest BCUT2D eigenvalue weighted by Crippen LogP contribution is 2.04. The maximum absolute atomic E-state index is 11.3. The van der Waals surface area contributed by atoms with Gasteiger partial charge in [-0.1, -0.05) is 0 Å². The summed E-state index contributed by atoms with van der Waals surface area (Å²) in [6, 6.07) is 1.66. The van der Waals surface area contributed by atoms with E-state index in [1.54, 1.807) is 12.3 Å². The second-order valence-corrected chi connectivity index (χ2v) is 3.89. The molecule has 1 aromatic rings. The molecule has 0 unspecified atom stereocenters. The molecule has 0 fully saturated rings. The van der Waals surface area contributed by atoms with Crippen molar-refractivity contribution in [3.8, 4) is 0 Å². The number of nitrogens with one attached hydrogen (secondary N) is 2. The smallest absolute Gasteiger partial charge is 0.227 e. The van der Waals surface area contributed by atoms with Crippen LogP contribution < -0.4 is 11.1 Å². The van der Waals surface area contributed by atoms with Gasteiger partial charge < -0.3 is 11.1 Å². The molecule has 15 heavy (non-hydrogen) atoms. The molecule has 1 heterocycles. The number of carbonyl (C=O) groups excluding carboxylic acids is 2. The van der Waals surface area contributed by atoms with Crippen molar-refractivity contribution in [2.45, 2.75) is 6.42 Å². The van der Waals surface area contributed by atoms with Crippen molar-refractivity contribution < 1.29 is 9.59 Å². The van der Waals surface area contributed by atoms with E-state index in [0.717, 1.165) is 0 Å². The van der Waals surface area contributed by atoms with E-state index in [2.05, 4.69) is 15.5 Å². The Labute approximate surface area is 91.0 Å². The quantitative estimate of drug-likeness (QED) is 0.594. The minimum Gasteiger partial charge on any atom is -0.369 e. The van der Waals surface area contributed by atoms with Gasteiger partial charge in [0.1, 0.15) is 5.82 Å². The Bertz CT molecular complexity index is 325. The second kappa shape index (κ2) is 6.07. The molecule has 0 aliphatic rings. The van der Waals surface area contributed by atoms with Gasteiger partial charge in [0.25, 0.3) is 0 Å². The molecule has 4 N–H and O–H groups in total. The van der Waals surface area contributed by atoms with Gasteiger partial charge in [-0.2, -0.15) is 16.9 Å². The Kier molecular flexibility index (Phi) is 4.69. The SMILES string of the molecule is NC(=O)CSCCC(=O)Nc1ccn[nH]1. The lowest BCUT2D eigenvalue weighted by molar-refractivity contribution is -0.116. The van der Waals surface area contributed by atoms with Crippen LogP contribution in [0.25, 0.3) is 0 Å². The summed E-state index contributed by atoms with van der Waals surface area (Å²) in [6.45, 7) is 0. The van der Waals surface area contributed by atoms with Gasteiger partial charge in [0, 0.05) is 18.2 Å². The van der Waals surface area contributed by atoms with Gasteiger partial charge in [0.05, 0.1) is 11.9 Å². The Morgan fingerprint density at radius 2 is 2.40 bits per heavy atom. The summed E-state index contributed by atoms with van der Waals surface area (Å²) in [4.78, 5) is 21.7. The number of amides is 2. The predicted octanol–water partition coefficient (Wildman–Crippen LogP) is -0.0432. The minimum atomic E-state index is -0.367. The molecule has 1 aromatic heterocycles. The van der Waals surface area contributed by atoms with Crippen LogP contribution in [0.2, 0.25) is 0 Å². The lowest BCUT2D eigenvalue weighted by atomic mass is 10.4. The molecule has 0 aliphatic heterocycles. The van der Waals surface area contributed by atoms with E-state index in [0.29, 0.717) is 18.0 Å². The van der Waals surface area contributed by atoms with Crippen molar-refractivity contribution in [3.63, 3.8) is 0 Å². The van der Waals surface area contributed by atoms with Crippen LogP contribution in [0.3, 0.4) is 0 Å². The number of carbonyl (C=O) groups is 2. The summed E-state index contributed by atoms with van der Waals surface area (Å²) in [5.41, 5.74) is 4.95. The third-order valence-corrected chi connectivity index (χ3v) is 2.47.